The Morgan fingerprint density at radius 3 is 2.74 bits per heavy atom. The molecule has 138 valence electrons. The number of benzene rings is 1. The number of hydrogen-bond acceptors (Lipinski definition) is 6. The molecule has 1 aromatic carbocycles. The van der Waals surface area contributed by atoms with Crippen molar-refractivity contribution in [3.8, 4) is 5.82 Å². The molecule has 27 heavy (non-hydrogen) atoms. The number of aromatic nitrogens is 4. The van der Waals surface area contributed by atoms with Gasteiger partial charge in [0.2, 0.25) is 0 Å². The minimum absolute atomic E-state index is 0.0940. The van der Waals surface area contributed by atoms with Crippen molar-refractivity contribution in [3.05, 3.63) is 54.6 Å². The normalized spacial score (nSPS) is 16.3. The van der Waals surface area contributed by atoms with Crippen LogP contribution in [0.15, 0.2) is 48.8 Å². The first-order valence-electron chi connectivity index (χ1n) is 8.83. The van der Waals surface area contributed by atoms with Crippen LogP contribution in [0, 0.1) is 6.92 Å². The molecule has 0 aliphatic carbocycles. The lowest BCUT2D eigenvalue weighted by atomic mass is 10.2. The summed E-state index contributed by atoms with van der Waals surface area (Å²) in [4.78, 5) is 20.9. The lowest BCUT2D eigenvalue weighted by Crippen LogP contribution is -2.26. The van der Waals surface area contributed by atoms with E-state index in [9.17, 15) is 4.79 Å². The van der Waals surface area contributed by atoms with Crippen molar-refractivity contribution >= 4 is 23.1 Å². The molecule has 1 fully saturated rings. The monoisotopic (exact) mass is 364 g/mol. The summed E-state index contributed by atoms with van der Waals surface area (Å²) in [6.07, 6.45) is 4.90. The maximum absolute atomic E-state index is 12.1. The molecule has 1 saturated heterocycles. The fourth-order valence-corrected chi connectivity index (χ4v) is 2.93. The van der Waals surface area contributed by atoms with Crippen LogP contribution in [-0.4, -0.2) is 38.4 Å². The van der Waals surface area contributed by atoms with Crippen molar-refractivity contribution in [2.45, 2.75) is 25.9 Å². The van der Waals surface area contributed by atoms with E-state index in [4.69, 9.17) is 4.74 Å². The zero-order chi connectivity index (χ0) is 18.6. The average Bonchev–Trinajstić information content (AvgIpc) is 3.37. The molecule has 8 nitrogen and oxygen atoms in total. The van der Waals surface area contributed by atoms with Crippen LogP contribution in [0.25, 0.3) is 5.82 Å². The van der Waals surface area contributed by atoms with E-state index in [-0.39, 0.29) is 12.0 Å². The van der Waals surface area contributed by atoms with Crippen molar-refractivity contribution in [3.63, 3.8) is 0 Å². The van der Waals surface area contributed by atoms with Gasteiger partial charge in [-0.2, -0.15) is 5.10 Å². The number of rotatable bonds is 5. The highest BCUT2D eigenvalue weighted by Crippen LogP contribution is 2.20. The summed E-state index contributed by atoms with van der Waals surface area (Å²) >= 11 is 0. The van der Waals surface area contributed by atoms with Crippen LogP contribution >= 0.6 is 0 Å². The molecule has 1 amide bonds. The van der Waals surface area contributed by atoms with Crippen LogP contribution < -0.4 is 10.6 Å². The summed E-state index contributed by atoms with van der Waals surface area (Å²) in [6.45, 7) is 2.49. The third-order valence-corrected chi connectivity index (χ3v) is 4.21. The molecule has 0 bridgehead atoms. The fraction of sp³-hybridized carbons (Fsp3) is 0.263. The van der Waals surface area contributed by atoms with Crippen molar-refractivity contribution in [2.24, 2.45) is 0 Å². The van der Waals surface area contributed by atoms with E-state index in [0.717, 1.165) is 24.2 Å². The Labute approximate surface area is 156 Å². The van der Waals surface area contributed by atoms with E-state index in [1.54, 1.807) is 10.9 Å². The Bertz CT molecular complexity index is 918. The van der Waals surface area contributed by atoms with Crippen LogP contribution in [0.4, 0.5) is 17.2 Å². The van der Waals surface area contributed by atoms with Gasteiger partial charge in [0.15, 0.2) is 5.82 Å². The molecule has 2 aromatic heterocycles. The van der Waals surface area contributed by atoms with Gasteiger partial charge in [-0.1, -0.05) is 0 Å². The molecule has 1 aliphatic rings. The Balaban J connectivity index is 1.44. The number of ether oxygens (including phenoxy) is 1. The number of aryl methyl sites for hydroxylation is 1. The molecule has 1 aliphatic heterocycles. The van der Waals surface area contributed by atoms with Crippen LogP contribution in [0.2, 0.25) is 0 Å². The van der Waals surface area contributed by atoms with Gasteiger partial charge in [0.1, 0.15) is 17.7 Å². The standard InChI is InChI=1S/C19H20N6O2/c1-13-21-17(12-18(22-13)25-10-3-9-20-25)23-14-5-7-15(8-6-14)24-19(26)16-4-2-11-27-16/h3,5-10,12,16H,2,4,11H2,1H3,(H,24,26)(H,21,22,23). The molecule has 3 aromatic rings. The SMILES string of the molecule is Cc1nc(Nc2ccc(NC(=O)C3CCCO3)cc2)cc(-n2cccn2)n1. The van der Waals surface area contributed by atoms with Gasteiger partial charge in [-0.05, 0) is 50.1 Å². The van der Waals surface area contributed by atoms with E-state index >= 15 is 0 Å². The summed E-state index contributed by atoms with van der Waals surface area (Å²) in [6, 6.07) is 11.1. The lowest BCUT2D eigenvalue weighted by molar-refractivity contribution is -0.124. The summed E-state index contributed by atoms with van der Waals surface area (Å²) < 4.78 is 7.08. The fourth-order valence-electron chi connectivity index (χ4n) is 2.93. The maximum atomic E-state index is 12.1. The minimum atomic E-state index is -0.340. The molecule has 1 unspecified atom stereocenters. The number of amides is 1. The highest BCUT2D eigenvalue weighted by atomic mass is 16.5. The molecule has 0 radical (unpaired) electrons. The third-order valence-electron chi connectivity index (χ3n) is 4.21. The number of anilines is 3. The Morgan fingerprint density at radius 1 is 1.22 bits per heavy atom. The maximum Gasteiger partial charge on any atom is 0.253 e. The Morgan fingerprint density at radius 2 is 2.04 bits per heavy atom. The molecule has 0 saturated carbocycles. The number of carbonyl (C=O) groups excluding carboxylic acids is 1. The van der Waals surface area contributed by atoms with Gasteiger partial charge in [-0.3, -0.25) is 4.79 Å². The second kappa shape index (κ2) is 7.55. The van der Waals surface area contributed by atoms with Gasteiger partial charge in [0, 0.05) is 36.4 Å². The summed E-state index contributed by atoms with van der Waals surface area (Å²) in [5, 5.41) is 10.3. The molecule has 1 atom stereocenters. The first-order valence-corrected chi connectivity index (χ1v) is 8.83. The molecular formula is C19H20N6O2. The predicted octanol–water partition coefficient (Wildman–Crippen LogP) is 2.83. The van der Waals surface area contributed by atoms with Crippen LogP contribution in [0.3, 0.4) is 0 Å². The van der Waals surface area contributed by atoms with Crippen LogP contribution in [-0.2, 0) is 9.53 Å². The number of carbonyl (C=O) groups is 1. The second-order valence-corrected chi connectivity index (χ2v) is 6.30. The Kier molecular flexibility index (Phi) is 4.80. The van der Waals surface area contributed by atoms with Gasteiger partial charge < -0.3 is 15.4 Å². The van der Waals surface area contributed by atoms with Crippen molar-refractivity contribution in [1.29, 1.82) is 0 Å². The van der Waals surface area contributed by atoms with E-state index in [1.807, 2.05) is 49.5 Å². The first kappa shape index (κ1) is 17.2. The number of hydrogen-bond donors (Lipinski definition) is 2. The highest BCUT2D eigenvalue weighted by Gasteiger charge is 2.23. The van der Waals surface area contributed by atoms with Crippen molar-refractivity contribution in [1.82, 2.24) is 19.7 Å². The van der Waals surface area contributed by atoms with E-state index in [1.165, 1.54) is 0 Å². The van der Waals surface area contributed by atoms with Gasteiger partial charge >= 0.3 is 0 Å². The van der Waals surface area contributed by atoms with E-state index < -0.39 is 0 Å². The summed E-state index contributed by atoms with van der Waals surface area (Å²) in [5.41, 5.74) is 1.59. The van der Waals surface area contributed by atoms with Crippen molar-refractivity contribution in [2.75, 3.05) is 17.2 Å². The average molecular weight is 364 g/mol. The zero-order valence-electron chi connectivity index (χ0n) is 14.9. The zero-order valence-corrected chi connectivity index (χ0v) is 14.9. The van der Waals surface area contributed by atoms with Crippen molar-refractivity contribution < 1.29 is 9.53 Å². The number of nitrogens with zero attached hydrogens (tertiary/aromatic N) is 4. The lowest BCUT2D eigenvalue weighted by Gasteiger charge is -2.12. The predicted molar refractivity (Wildman–Crippen MR) is 101 cm³/mol. The minimum Gasteiger partial charge on any atom is -0.368 e. The van der Waals surface area contributed by atoms with Crippen LogP contribution in [0.1, 0.15) is 18.7 Å². The topological polar surface area (TPSA) is 94.0 Å². The Hall–Kier alpha value is -3.26. The van der Waals surface area contributed by atoms with E-state index in [2.05, 4.69) is 25.7 Å². The van der Waals surface area contributed by atoms with Gasteiger partial charge in [0.25, 0.3) is 5.91 Å². The molecule has 3 heterocycles. The molecule has 0 spiro atoms. The second-order valence-electron chi connectivity index (χ2n) is 6.30. The van der Waals surface area contributed by atoms with Crippen LogP contribution in [0.5, 0.6) is 0 Å². The summed E-state index contributed by atoms with van der Waals surface area (Å²) in [7, 11) is 0. The smallest absolute Gasteiger partial charge is 0.253 e. The largest absolute Gasteiger partial charge is 0.368 e. The summed E-state index contributed by atoms with van der Waals surface area (Å²) in [5.74, 6) is 1.91. The van der Waals surface area contributed by atoms with Gasteiger partial charge in [-0.15, -0.1) is 0 Å². The van der Waals surface area contributed by atoms with Gasteiger partial charge in [0.05, 0.1) is 0 Å². The van der Waals surface area contributed by atoms with Gasteiger partial charge in [-0.25, -0.2) is 14.6 Å². The third kappa shape index (κ3) is 4.12. The molecule has 8 heteroatoms. The molecular weight excluding hydrogens is 344 g/mol. The first-order chi connectivity index (χ1) is 13.2. The highest BCUT2D eigenvalue weighted by molar-refractivity contribution is 5.94. The van der Waals surface area contributed by atoms with E-state index in [0.29, 0.717) is 24.1 Å². The quantitative estimate of drug-likeness (QED) is 0.723. The number of nitrogens with one attached hydrogen (secondary N) is 2. The molecule has 4 rings (SSSR count). The molecule has 2 N–H and O–H groups in total.